The predicted octanol–water partition coefficient (Wildman–Crippen LogP) is 2.51. The lowest BCUT2D eigenvalue weighted by Gasteiger charge is -2.02. The van der Waals surface area contributed by atoms with Gasteiger partial charge in [0.25, 0.3) is 0 Å². The number of carbonyl (C=O) groups excluding carboxylic acids is 1. The third-order valence-electron chi connectivity index (χ3n) is 1.71. The van der Waals surface area contributed by atoms with E-state index in [9.17, 15) is 4.79 Å². The van der Waals surface area contributed by atoms with Gasteiger partial charge in [0.05, 0.1) is 12.7 Å². The van der Waals surface area contributed by atoms with Crippen LogP contribution < -0.4 is 0 Å². The number of allylic oxidation sites excluding steroid dienone is 1. The Hall–Kier alpha value is -1.57. The first-order valence-electron chi connectivity index (χ1n) is 4.09. The first-order chi connectivity index (χ1) is 6.29. The molecular weight excluding hydrogens is 164 g/mol. The quantitative estimate of drug-likeness (QED) is 0.647. The molecule has 1 rings (SSSR count). The van der Waals surface area contributed by atoms with Crippen LogP contribution in [0.25, 0.3) is 6.08 Å². The third-order valence-corrected chi connectivity index (χ3v) is 1.71. The van der Waals surface area contributed by atoms with Crippen LogP contribution in [-0.2, 0) is 4.74 Å². The normalized spacial score (nSPS) is 10.3. The zero-order valence-electron chi connectivity index (χ0n) is 7.78. The zero-order chi connectivity index (χ0) is 9.68. The molecule has 0 aliphatic heterocycles. The van der Waals surface area contributed by atoms with E-state index in [4.69, 9.17) is 0 Å². The van der Waals surface area contributed by atoms with E-state index < -0.39 is 0 Å². The molecule has 0 saturated heterocycles. The number of methoxy groups -OCH3 is 1. The summed E-state index contributed by atoms with van der Waals surface area (Å²) in [6.07, 6.45) is 3.77. The zero-order valence-corrected chi connectivity index (χ0v) is 7.78. The molecule has 13 heavy (non-hydrogen) atoms. The van der Waals surface area contributed by atoms with Gasteiger partial charge in [0, 0.05) is 0 Å². The Kier molecular flexibility index (Phi) is 3.26. The molecule has 0 bridgehead atoms. The summed E-state index contributed by atoms with van der Waals surface area (Å²) in [4.78, 5) is 11.3. The summed E-state index contributed by atoms with van der Waals surface area (Å²) in [5, 5.41) is 0. The Balaban J connectivity index is 3.11. The molecule has 0 heterocycles. The van der Waals surface area contributed by atoms with Crippen molar-refractivity contribution < 1.29 is 9.53 Å². The average Bonchev–Trinajstić information content (AvgIpc) is 2.18. The van der Waals surface area contributed by atoms with Gasteiger partial charge >= 0.3 is 5.97 Å². The summed E-state index contributed by atoms with van der Waals surface area (Å²) in [6, 6.07) is 7.34. The van der Waals surface area contributed by atoms with Crippen LogP contribution in [0, 0.1) is 0 Å². The number of esters is 1. The van der Waals surface area contributed by atoms with Crippen LogP contribution >= 0.6 is 0 Å². The van der Waals surface area contributed by atoms with Crippen LogP contribution in [0.1, 0.15) is 22.8 Å². The van der Waals surface area contributed by atoms with Crippen LogP contribution in [0.4, 0.5) is 0 Å². The summed E-state index contributed by atoms with van der Waals surface area (Å²) in [7, 11) is 1.38. The van der Waals surface area contributed by atoms with Gasteiger partial charge in [0.15, 0.2) is 0 Å². The number of benzene rings is 1. The van der Waals surface area contributed by atoms with Crippen LogP contribution in [0.3, 0.4) is 0 Å². The molecule has 1 aromatic rings. The highest BCUT2D eigenvalue weighted by atomic mass is 16.5. The van der Waals surface area contributed by atoms with E-state index in [0.29, 0.717) is 5.56 Å². The Morgan fingerprint density at radius 3 is 2.69 bits per heavy atom. The van der Waals surface area contributed by atoms with E-state index >= 15 is 0 Å². The lowest BCUT2D eigenvalue weighted by Crippen LogP contribution is -2.02. The second kappa shape index (κ2) is 4.45. The molecule has 2 heteroatoms. The predicted molar refractivity (Wildman–Crippen MR) is 52.5 cm³/mol. The minimum atomic E-state index is -0.297. The lowest BCUT2D eigenvalue weighted by molar-refractivity contribution is 0.0600. The van der Waals surface area contributed by atoms with Gasteiger partial charge < -0.3 is 4.74 Å². The molecule has 0 saturated carbocycles. The molecule has 1 aromatic carbocycles. The van der Waals surface area contributed by atoms with E-state index in [0.717, 1.165) is 5.56 Å². The summed E-state index contributed by atoms with van der Waals surface area (Å²) in [5.41, 5.74) is 1.49. The number of ether oxygens (including phenoxy) is 1. The minimum Gasteiger partial charge on any atom is -0.465 e. The standard InChI is InChI=1S/C11H12O2/c1-3-6-9-7-4-5-8-10(9)11(12)13-2/h3-8H,1-2H3. The Morgan fingerprint density at radius 1 is 1.38 bits per heavy atom. The maximum absolute atomic E-state index is 11.3. The molecule has 68 valence electrons. The summed E-state index contributed by atoms with van der Waals surface area (Å²) < 4.78 is 4.65. The van der Waals surface area contributed by atoms with Crippen molar-refractivity contribution in [3.05, 3.63) is 41.5 Å². The summed E-state index contributed by atoms with van der Waals surface area (Å²) in [6.45, 7) is 1.91. The fourth-order valence-electron chi connectivity index (χ4n) is 1.12. The maximum Gasteiger partial charge on any atom is 0.338 e. The van der Waals surface area contributed by atoms with Crippen molar-refractivity contribution in [3.8, 4) is 0 Å². The van der Waals surface area contributed by atoms with Crippen molar-refractivity contribution in [2.24, 2.45) is 0 Å². The van der Waals surface area contributed by atoms with Gasteiger partial charge in [-0.2, -0.15) is 0 Å². The fourth-order valence-corrected chi connectivity index (χ4v) is 1.12. The minimum absolute atomic E-state index is 0.297. The van der Waals surface area contributed by atoms with Gasteiger partial charge in [0.1, 0.15) is 0 Å². The molecule has 0 fully saturated rings. The van der Waals surface area contributed by atoms with Crippen molar-refractivity contribution in [2.45, 2.75) is 6.92 Å². The van der Waals surface area contributed by atoms with Crippen LogP contribution in [-0.4, -0.2) is 13.1 Å². The summed E-state index contributed by atoms with van der Waals surface area (Å²) in [5.74, 6) is -0.297. The van der Waals surface area contributed by atoms with Crippen molar-refractivity contribution in [1.29, 1.82) is 0 Å². The average molecular weight is 176 g/mol. The first kappa shape index (κ1) is 9.52. The molecule has 0 amide bonds. The van der Waals surface area contributed by atoms with E-state index in [1.165, 1.54) is 7.11 Å². The van der Waals surface area contributed by atoms with Crippen LogP contribution in [0.5, 0.6) is 0 Å². The number of hydrogen-bond donors (Lipinski definition) is 0. The lowest BCUT2D eigenvalue weighted by atomic mass is 10.1. The second-order valence-electron chi connectivity index (χ2n) is 2.58. The highest BCUT2D eigenvalue weighted by molar-refractivity contribution is 5.93. The smallest absolute Gasteiger partial charge is 0.338 e. The van der Waals surface area contributed by atoms with E-state index in [1.807, 2.05) is 37.3 Å². The second-order valence-corrected chi connectivity index (χ2v) is 2.58. The number of rotatable bonds is 2. The molecule has 0 atom stereocenters. The Morgan fingerprint density at radius 2 is 2.08 bits per heavy atom. The van der Waals surface area contributed by atoms with Crippen LogP contribution in [0.15, 0.2) is 30.3 Å². The van der Waals surface area contributed by atoms with Gasteiger partial charge in [-0.1, -0.05) is 30.4 Å². The van der Waals surface area contributed by atoms with Crippen molar-refractivity contribution in [1.82, 2.24) is 0 Å². The van der Waals surface area contributed by atoms with Crippen LogP contribution in [0.2, 0.25) is 0 Å². The van der Waals surface area contributed by atoms with Crippen molar-refractivity contribution in [2.75, 3.05) is 7.11 Å². The topological polar surface area (TPSA) is 26.3 Å². The molecular formula is C11H12O2. The van der Waals surface area contributed by atoms with Crippen molar-refractivity contribution >= 4 is 12.0 Å². The number of hydrogen-bond acceptors (Lipinski definition) is 2. The SMILES string of the molecule is CC=Cc1ccccc1C(=O)OC. The molecule has 0 aromatic heterocycles. The summed E-state index contributed by atoms with van der Waals surface area (Å²) >= 11 is 0. The van der Waals surface area contributed by atoms with Gasteiger partial charge in [-0.25, -0.2) is 4.79 Å². The molecule has 0 spiro atoms. The molecule has 0 unspecified atom stereocenters. The Bertz CT molecular complexity index is 327. The largest absolute Gasteiger partial charge is 0.465 e. The van der Waals surface area contributed by atoms with Gasteiger partial charge in [-0.15, -0.1) is 0 Å². The van der Waals surface area contributed by atoms with Gasteiger partial charge in [-0.05, 0) is 18.6 Å². The van der Waals surface area contributed by atoms with Gasteiger partial charge in [0.2, 0.25) is 0 Å². The van der Waals surface area contributed by atoms with Gasteiger partial charge in [-0.3, -0.25) is 0 Å². The monoisotopic (exact) mass is 176 g/mol. The van der Waals surface area contributed by atoms with E-state index in [2.05, 4.69) is 4.74 Å². The molecule has 0 aliphatic carbocycles. The number of carbonyl (C=O) groups is 1. The first-order valence-corrected chi connectivity index (χ1v) is 4.09. The van der Waals surface area contributed by atoms with E-state index in [-0.39, 0.29) is 5.97 Å². The molecule has 0 radical (unpaired) electrons. The Labute approximate surface area is 77.8 Å². The fraction of sp³-hybridized carbons (Fsp3) is 0.182. The highest BCUT2D eigenvalue weighted by Gasteiger charge is 2.07. The third kappa shape index (κ3) is 2.18. The molecule has 0 N–H and O–H groups in total. The molecule has 0 aliphatic rings. The highest BCUT2D eigenvalue weighted by Crippen LogP contribution is 2.11. The maximum atomic E-state index is 11.3. The molecule has 2 nitrogen and oxygen atoms in total. The van der Waals surface area contributed by atoms with E-state index in [1.54, 1.807) is 6.07 Å². The van der Waals surface area contributed by atoms with Crippen molar-refractivity contribution in [3.63, 3.8) is 0 Å².